The third-order valence-electron chi connectivity index (χ3n) is 4.11. The summed E-state index contributed by atoms with van der Waals surface area (Å²) in [5.74, 6) is 1.03. The molecule has 108 valence electrons. The van der Waals surface area contributed by atoms with Gasteiger partial charge in [0, 0.05) is 19.5 Å². The third-order valence-corrected chi connectivity index (χ3v) is 4.11. The van der Waals surface area contributed by atoms with Crippen molar-refractivity contribution in [3.63, 3.8) is 0 Å². The Bertz CT molecular complexity index is 786. The van der Waals surface area contributed by atoms with Crippen molar-refractivity contribution in [2.24, 2.45) is 12.8 Å². The molecule has 3 rings (SSSR count). The summed E-state index contributed by atoms with van der Waals surface area (Å²) in [4.78, 5) is 4.71. The van der Waals surface area contributed by atoms with E-state index in [1.807, 2.05) is 18.2 Å². The maximum Gasteiger partial charge on any atom is 0.111 e. The molecule has 0 bridgehead atoms. The van der Waals surface area contributed by atoms with Gasteiger partial charge >= 0.3 is 0 Å². The average molecular weight is 279 g/mol. The number of imidazole rings is 1. The Balaban J connectivity index is 1.92. The molecule has 1 unspecified atom stereocenters. The van der Waals surface area contributed by atoms with Crippen LogP contribution in [-0.2, 0) is 13.5 Å². The summed E-state index contributed by atoms with van der Waals surface area (Å²) in [5, 5.41) is 0. The number of benzene rings is 2. The lowest BCUT2D eigenvalue weighted by molar-refractivity contribution is 0.661. The standard InChI is InChI=1S/C18H21N3/c1-12-8-9-14(13(2)10-12)15(19)11-18-20-16-6-4-5-7-17(16)21(18)3/h4-10,15H,11,19H2,1-3H3. The summed E-state index contributed by atoms with van der Waals surface area (Å²) in [6, 6.07) is 14.6. The topological polar surface area (TPSA) is 43.8 Å². The first-order valence-electron chi connectivity index (χ1n) is 7.29. The zero-order valence-corrected chi connectivity index (χ0v) is 12.8. The largest absolute Gasteiger partial charge is 0.331 e. The summed E-state index contributed by atoms with van der Waals surface area (Å²) in [7, 11) is 2.05. The Morgan fingerprint density at radius 2 is 1.90 bits per heavy atom. The molecule has 3 aromatic rings. The minimum absolute atomic E-state index is 0.0267. The van der Waals surface area contributed by atoms with Gasteiger partial charge in [0.2, 0.25) is 0 Å². The van der Waals surface area contributed by atoms with Gasteiger partial charge in [-0.25, -0.2) is 4.98 Å². The normalized spacial score (nSPS) is 12.8. The number of fused-ring (bicyclic) bond motifs is 1. The monoisotopic (exact) mass is 279 g/mol. The molecule has 1 heterocycles. The van der Waals surface area contributed by atoms with Crippen LogP contribution in [0.3, 0.4) is 0 Å². The minimum Gasteiger partial charge on any atom is -0.331 e. The zero-order valence-electron chi connectivity index (χ0n) is 12.8. The minimum atomic E-state index is -0.0267. The molecule has 1 aromatic heterocycles. The molecular formula is C18H21N3. The summed E-state index contributed by atoms with van der Waals surface area (Å²) in [5.41, 5.74) is 12.3. The van der Waals surface area contributed by atoms with Crippen LogP contribution in [0.1, 0.15) is 28.6 Å². The summed E-state index contributed by atoms with van der Waals surface area (Å²) >= 11 is 0. The van der Waals surface area contributed by atoms with Gasteiger partial charge in [-0.2, -0.15) is 0 Å². The molecule has 0 amide bonds. The van der Waals surface area contributed by atoms with Crippen LogP contribution in [0.15, 0.2) is 42.5 Å². The molecule has 0 spiro atoms. The van der Waals surface area contributed by atoms with E-state index in [1.165, 1.54) is 16.7 Å². The molecule has 2 N–H and O–H groups in total. The number of nitrogens with two attached hydrogens (primary N) is 1. The second-order valence-electron chi connectivity index (χ2n) is 5.75. The molecule has 0 aliphatic heterocycles. The van der Waals surface area contributed by atoms with E-state index >= 15 is 0 Å². The molecule has 21 heavy (non-hydrogen) atoms. The highest BCUT2D eigenvalue weighted by atomic mass is 15.1. The number of hydrogen-bond donors (Lipinski definition) is 1. The van der Waals surface area contributed by atoms with Gasteiger partial charge in [0.05, 0.1) is 11.0 Å². The lowest BCUT2D eigenvalue weighted by Crippen LogP contribution is -2.17. The number of rotatable bonds is 3. The molecule has 3 nitrogen and oxygen atoms in total. The van der Waals surface area contributed by atoms with Crippen molar-refractivity contribution in [1.29, 1.82) is 0 Å². The fraction of sp³-hybridized carbons (Fsp3) is 0.278. The van der Waals surface area contributed by atoms with Gasteiger partial charge in [0.25, 0.3) is 0 Å². The van der Waals surface area contributed by atoms with Gasteiger partial charge in [0.15, 0.2) is 0 Å². The van der Waals surface area contributed by atoms with Crippen molar-refractivity contribution < 1.29 is 0 Å². The smallest absolute Gasteiger partial charge is 0.111 e. The van der Waals surface area contributed by atoms with Crippen LogP contribution in [0.4, 0.5) is 0 Å². The number of hydrogen-bond acceptors (Lipinski definition) is 2. The van der Waals surface area contributed by atoms with E-state index in [0.717, 1.165) is 23.3 Å². The van der Waals surface area contributed by atoms with E-state index in [-0.39, 0.29) is 6.04 Å². The molecule has 2 aromatic carbocycles. The quantitative estimate of drug-likeness (QED) is 0.798. The zero-order chi connectivity index (χ0) is 15.0. The third kappa shape index (κ3) is 2.57. The van der Waals surface area contributed by atoms with Crippen molar-refractivity contribution in [2.75, 3.05) is 0 Å². The van der Waals surface area contributed by atoms with Gasteiger partial charge in [-0.1, -0.05) is 35.9 Å². The van der Waals surface area contributed by atoms with Crippen molar-refractivity contribution in [1.82, 2.24) is 9.55 Å². The predicted molar refractivity (Wildman–Crippen MR) is 87.3 cm³/mol. The Morgan fingerprint density at radius 1 is 1.14 bits per heavy atom. The first kappa shape index (κ1) is 13.8. The lowest BCUT2D eigenvalue weighted by Gasteiger charge is -2.15. The van der Waals surface area contributed by atoms with Gasteiger partial charge in [-0.15, -0.1) is 0 Å². The van der Waals surface area contributed by atoms with Gasteiger partial charge in [0.1, 0.15) is 5.82 Å². The van der Waals surface area contributed by atoms with E-state index in [0.29, 0.717) is 0 Å². The molecule has 3 heteroatoms. The fourth-order valence-electron chi connectivity index (χ4n) is 2.93. The van der Waals surface area contributed by atoms with Crippen molar-refractivity contribution in [3.05, 3.63) is 65.0 Å². The summed E-state index contributed by atoms with van der Waals surface area (Å²) in [6.07, 6.45) is 0.745. The Kier molecular flexibility index (Phi) is 3.52. The van der Waals surface area contributed by atoms with Crippen molar-refractivity contribution >= 4 is 11.0 Å². The molecule has 0 saturated heterocycles. The van der Waals surface area contributed by atoms with Crippen molar-refractivity contribution in [3.8, 4) is 0 Å². The van der Waals surface area contributed by atoms with Gasteiger partial charge in [-0.3, -0.25) is 0 Å². The maximum absolute atomic E-state index is 6.42. The highest BCUT2D eigenvalue weighted by Gasteiger charge is 2.14. The number of aromatic nitrogens is 2. The second-order valence-corrected chi connectivity index (χ2v) is 5.75. The Morgan fingerprint density at radius 3 is 2.62 bits per heavy atom. The highest BCUT2D eigenvalue weighted by Crippen LogP contribution is 2.22. The van der Waals surface area contributed by atoms with E-state index in [1.54, 1.807) is 0 Å². The van der Waals surface area contributed by atoms with Crippen LogP contribution in [0.5, 0.6) is 0 Å². The molecule has 0 aliphatic rings. The van der Waals surface area contributed by atoms with Crippen LogP contribution in [0.25, 0.3) is 11.0 Å². The Labute approximate surface area is 125 Å². The second kappa shape index (κ2) is 5.34. The number of aryl methyl sites for hydroxylation is 3. The molecule has 1 atom stereocenters. The van der Waals surface area contributed by atoms with Gasteiger partial charge < -0.3 is 10.3 Å². The van der Waals surface area contributed by atoms with Crippen LogP contribution in [0.2, 0.25) is 0 Å². The first-order chi connectivity index (χ1) is 10.1. The molecule has 0 saturated carbocycles. The van der Waals surface area contributed by atoms with Crippen LogP contribution < -0.4 is 5.73 Å². The van der Waals surface area contributed by atoms with E-state index < -0.39 is 0 Å². The van der Waals surface area contributed by atoms with Crippen molar-refractivity contribution in [2.45, 2.75) is 26.3 Å². The molecule has 0 aliphatic carbocycles. The fourth-order valence-corrected chi connectivity index (χ4v) is 2.93. The van der Waals surface area contributed by atoms with Crippen LogP contribution >= 0.6 is 0 Å². The predicted octanol–water partition coefficient (Wildman–Crippen LogP) is 3.43. The number of nitrogens with zero attached hydrogens (tertiary/aromatic N) is 2. The van der Waals surface area contributed by atoms with Crippen LogP contribution in [0, 0.1) is 13.8 Å². The SMILES string of the molecule is Cc1ccc(C(N)Cc2nc3ccccc3n2C)c(C)c1. The first-order valence-corrected chi connectivity index (χ1v) is 7.29. The summed E-state index contributed by atoms with van der Waals surface area (Å²) in [6.45, 7) is 4.23. The maximum atomic E-state index is 6.42. The molecule has 0 radical (unpaired) electrons. The molecular weight excluding hydrogens is 258 g/mol. The van der Waals surface area contributed by atoms with E-state index in [4.69, 9.17) is 10.7 Å². The lowest BCUT2D eigenvalue weighted by atomic mass is 9.97. The average Bonchev–Trinajstić information content (AvgIpc) is 2.76. The Hall–Kier alpha value is -2.13. The molecule has 0 fully saturated rings. The van der Waals surface area contributed by atoms with Gasteiger partial charge in [-0.05, 0) is 37.1 Å². The van der Waals surface area contributed by atoms with Crippen LogP contribution in [-0.4, -0.2) is 9.55 Å². The highest BCUT2D eigenvalue weighted by molar-refractivity contribution is 5.75. The summed E-state index contributed by atoms with van der Waals surface area (Å²) < 4.78 is 2.14. The van der Waals surface area contributed by atoms with E-state index in [2.05, 4.69) is 49.7 Å². The van der Waals surface area contributed by atoms with E-state index in [9.17, 15) is 0 Å². The number of para-hydroxylation sites is 2.